The Kier molecular flexibility index (Phi) is 6.19. The summed E-state index contributed by atoms with van der Waals surface area (Å²) in [5.41, 5.74) is 3.74. The highest BCUT2D eigenvalue weighted by molar-refractivity contribution is 5.78. The summed E-state index contributed by atoms with van der Waals surface area (Å²) in [5.74, 6) is 0. The van der Waals surface area contributed by atoms with Gasteiger partial charge >= 0.3 is 0 Å². The van der Waals surface area contributed by atoms with Crippen molar-refractivity contribution in [2.45, 2.75) is 32.9 Å². The number of aliphatic hydroxyl groups excluding tert-OH is 1. The number of pyridine rings is 1. The van der Waals surface area contributed by atoms with E-state index >= 15 is 0 Å². The van der Waals surface area contributed by atoms with Crippen LogP contribution in [0.15, 0.2) is 48.2 Å². The molecule has 2 aromatic rings. The fourth-order valence-electron chi connectivity index (χ4n) is 3.55. The van der Waals surface area contributed by atoms with Crippen LogP contribution in [0, 0.1) is 0 Å². The third-order valence-electron chi connectivity index (χ3n) is 4.96. The first-order chi connectivity index (χ1) is 12.2. The maximum atomic E-state index is 9.44. The first-order valence-electron chi connectivity index (χ1n) is 9.20. The fourth-order valence-corrected chi connectivity index (χ4v) is 3.55. The van der Waals surface area contributed by atoms with Crippen molar-refractivity contribution >= 4 is 10.9 Å². The SMILES string of the molecule is CC(C)=CCN1CCN(Cc2ccc3ncccc3c2)C[C@H]1CCO. The summed E-state index contributed by atoms with van der Waals surface area (Å²) in [6, 6.07) is 11.1. The summed E-state index contributed by atoms with van der Waals surface area (Å²) < 4.78 is 0. The van der Waals surface area contributed by atoms with Crippen molar-refractivity contribution in [2.24, 2.45) is 0 Å². The van der Waals surface area contributed by atoms with Crippen LogP contribution in [0.25, 0.3) is 10.9 Å². The van der Waals surface area contributed by atoms with Crippen LogP contribution < -0.4 is 0 Å². The van der Waals surface area contributed by atoms with Crippen molar-refractivity contribution in [3.8, 4) is 0 Å². The van der Waals surface area contributed by atoms with Gasteiger partial charge in [0.1, 0.15) is 0 Å². The van der Waals surface area contributed by atoms with Gasteiger partial charge in [0.05, 0.1) is 5.52 Å². The van der Waals surface area contributed by atoms with E-state index in [0.29, 0.717) is 6.04 Å². The van der Waals surface area contributed by atoms with Crippen LogP contribution in [-0.4, -0.2) is 58.7 Å². The molecule has 0 saturated carbocycles. The number of piperazine rings is 1. The van der Waals surface area contributed by atoms with Crippen LogP contribution in [-0.2, 0) is 6.54 Å². The minimum Gasteiger partial charge on any atom is -0.396 e. The number of aliphatic hydroxyl groups is 1. The van der Waals surface area contributed by atoms with Gasteiger partial charge < -0.3 is 5.11 Å². The Morgan fingerprint density at radius 1 is 1.28 bits per heavy atom. The van der Waals surface area contributed by atoms with Gasteiger partial charge in [0.15, 0.2) is 0 Å². The van der Waals surface area contributed by atoms with Crippen molar-refractivity contribution in [1.29, 1.82) is 0 Å². The molecule has 1 fully saturated rings. The fraction of sp³-hybridized carbons (Fsp3) is 0.476. The van der Waals surface area contributed by atoms with Crippen LogP contribution in [0.5, 0.6) is 0 Å². The molecule has 1 aliphatic heterocycles. The van der Waals surface area contributed by atoms with Gasteiger partial charge in [-0.25, -0.2) is 0 Å². The topological polar surface area (TPSA) is 39.6 Å². The van der Waals surface area contributed by atoms with Crippen molar-refractivity contribution in [3.05, 3.63) is 53.7 Å². The zero-order valence-electron chi connectivity index (χ0n) is 15.4. The zero-order valence-corrected chi connectivity index (χ0v) is 15.4. The normalized spacial score (nSPS) is 19.2. The van der Waals surface area contributed by atoms with E-state index in [2.05, 4.69) is 59.0 Å². The van der Waals surface area contributed by atoms with Crippen molar-refractivity contribution < 1.29 is 5.11 Å². The van der Waals surface area contributed by atoms with E-state index in [0.717, 1.165) is 44.7 Å². The number of nitrogens with zero attached hydrogens (tertiary/aromatic N) is 3. The smallest absolute Gasteiger partial charge is 0.0702 e. The summed E-state index contributed by atoms with van der Waals surface area (Å²) in [5, 5.41) is 10.6. The molecule has 1 aliphatic rings. The number of aromatic nitrogens is 1. The van der Waals surface area contributed by atoms with Crippen LogP contribution in [0.4, 0.5) is 0 Å². The molecule has 0 radical (unpaired) electrons. The number of hydrogen-bond donors (Lipinski definition) is 1. The Bertz CT molecular complexity index is 724. The number of fused-ring (bicyclic) bond motifs is 1. The molecule has 25 heavy (non-hydrogen) atoms. The molecule has 4 heteroatoms. The zero-order chi connectivity index (χ0) is 17.6. The largest absolute Gasteiger partial charge is 0.396 e. The first kappa shape index (κ1) is 18.1. The molecule has 1 N–H and O–H groups in total. The van der Waals surface area contributed by atoms with E-state index in [1.165, 1.54) is 16.5 Å². The van der Waals surface area contributed by atoms with Gasteiger partial charge in [-0.05, 0) is 44.0 Å². The molecule has 0 unspecified atom stereocenters. The predicted octanol–water partition coefficient (Wildman–Crippen LogP) is 3.07. The van der Waals surface area contributed by atoms with Crippen molar-refractivity contribution in [3.63, 3.8) is 0 Å². The molecule has 1 atom stereocenters. The number of hydrogen-bond acceptors (Lipinski definition) is 4. The Morgan fingerprint density at radius 2 is 2.16 bits per heavy atom. The minimum absolute atomic E-state index is 0.255. The lowest BCUT2D eigenvalue weighted by atomic mass is 10.1. The molecular formula is C21H29N3O. The van der Waals surface area contributed by atoms with Gasteiger partial charge in [-0.2, -0.15) is 0 Å². The highest BCUT2D eigenvalue weighted by atomic mass is 16.3. The van der Waals surface area contributed by atoms with E-state index in [9.17, 15) is 5.11 Å². The second kappa shape index (κ2) is 8.56. The van der Waals surface area contributed by atoms with E-state index in [1.54, 1.807) is 0 Å². The maximum Gasteiger partial charge on any atom is 0.0702 e. The summed E-state index contributed by atoms with van der Waals surface area (Å²) >= 11 is 0. The van der Waals surface area contributed by atoms with Crippen LogP contribution in [0.3, 0.4) is 0 Å². The van der Waals surface area contributed by atoms with Crippen LogP contribution in [0.1, 0.15) is 25.8 Å². The molecule has 4 nitrogen and oxygen atoms in total. The Morgan fingerprint density at radius 3 is 2.96 bits per heavy atom. The van der Waals surface area contributed by atoms with Gasteiger partial charge in [0.2, 0.25) is 0 Å². The summed E-state index contributed by atoms with van der Waals surface area (Å²) in [6.45, 7) is 9.64. The van der Waals surface area contributed by atoms with Gasteiger partial charge in [-0.3, -0.25) is 14.8 Å². The third kappa shape index (κ3) is 4.88. The average molecular weight is 339 g/mol. The van der Waals surface area contributed by atoms with Gasteiger partial charge in [0, 0.05) is 57.0 Å². The van der Waals surface area contributed by atoms with Crippen LogP contribution in [0.2, 0.25) is 0 Å². The maximum absolute atomic E-state index is 9.44. The van der Waals surface area contributed by atoms with Gasteiger partial charge in [0.25, 0.3) is 0 Å². The third-order valence-corrected chi connectivity index (χ3v) is 4.96. The standard InChI is InChI=1S/C21H29N3O/c1-17(2)7-10-24-12-11-23(16-20(24)8-13-25)15-18-5-6-21-19(14-18)4-3-9-22-21/h3-7,9,14,20,25H,8,10-13,15-16H2,1-2H3/t20-/m1/s1. The molecular weight excluding hydrogens is 310 g/mol. The Labute approximate surface area is 150 Å². The average Bonchev–Trinajstić information content (AvgIpc) is 2.61. The minimum atomic E-state index is 0.255. The molecule has 0 bridgehead atoms. The van der Waals surface area contributed by atoms with E-state index < -0.39 is 0 Å². The number of allylic oxidation sites excluding steroid dienone is 1. The molecule has 134 valence electrons. The quantitative estimate of drug-likeness (QED) is 0.821. The highest BCUT2D eigenvalue weighted by Gasteiger charge is 2.25. The van der Waals surface area contributed by atoms with Gasteiger partial charge in [-0.15, -0.1) is 0 Å². The predicted molar refractivity (Wildman–Crippen MR) is 104 cm³/mol. The Balaban J connectivity index is 1.65. The second-order valence-electron chi connectivity index (χ2n) is 7.21. The summed E-state index contributed by atoms with van der Waals surface area (Å²) in [7, 11) is 0. The van der Waals surface area contributed by atoms with E-state index in [-0.39, 0.29) is 6.61 Å². The number of benzene rings is 1. The lowest BCUT2D eigenvalue weighted by Gasteiger charge is -2.41. The van der Waals surface area contributed by atoms with E-state index in [4.69, 9.17) is 0 Å². The van der Waals surface area contributed by atoms with Crippen LogP contribution >= 0.6 is 0 Å². The van der Waals surface area contributed by atoms with Gasteiger partial charge in [-0.1, -0.05) is 23.8 Å². The monoisotopic (exact) mass is 339 g/mol. The van der Waals surface area contributed by atoms with Crippen molar-refractivity contribution in [1.82, 2.24) is 14.8 Å². The lowest BCUT2D eigenvalue weighted by Crippen LogP contribution is -2.53. The summed E-state index contributed by atoms with van der Waals surface area (Å²) in [6.07, 6.45) is 4.97. The second-order valence-corrected chi connectivity index (χ2v) is 7.21. The molecule has 0 spiro atoms. The summed E-state index contributed by atoms with van der Waals surface area (Å²) in [4.78, 5) is 9.41. The highest BCUT2D eigenvalue weighted by Crippen LogP contribution is 2.18. The molecule has 1 aromatic heterocycles. The lowest BCUT2D eigenvalue weighted by molar-refractivity contribution is 0.0637. The molecule has 0 amide bonds. The molecule has 1 aromatic carbocycles. The molecule has 3 rings (SSSR count). The molecule has 1 saturated heterocycles. The molecule has 0 aliphatic carbocycles. The van der Waals surface area contributed by atoms with E-state index in [1.807, 2.05) is 12.3 Å². The Hall–Kier alpha value is -1.75. The van der Waals surface area contributed by atoms with Crippen molar-refractivity contribution in [2.75, 3.05) is 32.8 Å². The first-order valence-corrected chi connectivity index (χ1v) is 9.20. The number of rotatable bonds is 6. The molecule has 2 heterocycles.